The first-order chi connectivity index (χ1) is 9.60. The van der Waals surface area contributed by atoms with Crippen LogP contribution in [-0.2, 0) is 6.54 Å². The lowest BCUT2D eigenvalue weighted by atomic mass is 10.1. The highest BCUT2D eigenvalue weighted by Gasteiger charge is 2.08. The van der Waals surface area contributed by atoms with Gasteiger partial charge >= 0.3 is 0 Å². The molecule has 0 aliphatic rings. The van der Waals surface area contributed by atoms with Gasteiger partial charge in [0.25, 0.3) is 0 Å². The van der Waals surface area contributed by atoms with Crippen molar-refractivity contribution in [2.24, 2.45) is 0 Å². The summed E-state index contributed by atoms with van der Waals surface area (Å²) in [4.78, 5) is 0. The maximum absolute atomic E-state index is 6.03. The van der Waals surface area contributed by atoms with Crippen molar-refractivity contribution in [1.82, 2.24) is 5.32 Å². The van der Waals surface area contributed by atoms with Crippen LogP contribution in [-0.4, -0.2) is 7.11 Å². The van der Waals surface area contributed by atoms with Gasteiger partial charge in [-0.3, -0.25) is 0 Å². The molecule has 0 amide bonds. The summed E-state index contributed by atoms with van der Waals surface area (Å²) >= 11 is 12.0. The molecule has 0 unspecified atom stereocenters. The van der Waals surface area contributed by atoms with Gasteiger partial charge in [0.05, 0.1) is 7.11 Å². The fourth-order valence-electron chi connectivity index (χ4n) is 2.04. The molecule has 0 radical (unpaired) electrons. The lowest BCUT2D eigenvalue weighted by Gasteiger charge is -2.16. The molecular formula is C16H17Cl2NO. The van der Waals surface area contributed by atoms with Crippen LogP contribution < -0.4 is 10.1 Å². The molecule has 0 saturated heterocycles. The highest BCUT2D eigenvalue weighted by Crippen LogP contribution is 2.24. The van der Waals surface area contributed by atoms with Crippen LogP contribution >= 0.6 is 23.2 Å². The Kier molecular flexibility index (Phi) is 5.30. The van der Waals surface area contributed by atoms with E-state index in [-0.39, 0.29) is 6.04 Å². The molecule has 0 saturated carbocycles. The van der Waals surface area contributed by atoms with E-state index in [1.165, 1.54) is 0 Å². The Hall–Kier alpha value is -1.22. The second-order valence-corrected chi connectivity index (χ2v) is 5.49. The van der Waals surface area contributed by atoms with Crippen LogP contribution in [0.25, 0.3) is 0 Å². The summed E-state index contributed by atoms with van der Waals surface area (Å²) in [5.41, 5.74) is 2.19. The molecule has 2 aromatic rings. The number of ether oxygens (including phenoxy) is 1. The maximum Gasteiger partial charge on any atom is 0.123 e. The summed E-state index contributed by atoms with van der Waals surface area (Å²) < 4.78 is 5.34. The molecular weight excluding hydrogens is 293 g/mol. The fraction of sp³-hybridized carbons (Fsp3) is 0.250. The Morgan fingerprint density at radius 3 is 2.55 bits per heavy atom. The van der Waals surface area contributed by atoms with Crippen LogP contribution in [0.5, 0.6) is 5.75 Å². The van der Waals surface area contributed by atoms with E-state index in [0.29, 0.717) is 11.6 Å². The molecule has 0 aromatic heterocycles. The summed E-state index contributed by atoms with van der Waals surface area (Å²) in [7, 11) is 1.66. The Morgan fingerprint density at radius 1 is 1.10 bits per heavy atom. The van der Waals surface area contributed by atoms with Crippen molar-refractivity contribution in [3.63, 3.8) is 0 Å². The van der Waals surface area contributed by atoms with E-state index in [1.807, 2.05) is 36.4 Å². The highest BCUT2D eigenvalue weighted by molar-refractivity contribution is 6.30. The van der Waals surface area contributed by atoms with E-state index < -0.39 is 0 Å². The molecule has 106 valence electrons. The van der Waals surface area contributed by atoms with Crippen molar-refractivity contribution in [2.45, 2.75) is 19.5 Å². The molecule has 0 bridgehead atoms. The number of methoxy groups -OCH3 is 1. The molecule has 0 aliphatic heterocycles. The van der Waals surface area contributed by atoms with Crippen LogP contribution in [0.1, 0.15) is 24.1 Å². The van der Waals surface area contributed by atoms with E-state index in [0.717, 1.165) is 21.9 Å². The minimum absolute atomic E-state index is 0.192. The van der Waals surface area contributed by atoms with Gasteiger partial charge in [0.15, 0.2) is 0 Å². The Bertz CT molecular complexity index is 586. The summed E-state index contributed by atoms with van der Waals surface area (Å²) in [6.07, 6.45) is 0. The monoisotopic (exact) mass is 309 g/mol. The van der Waals surface area contributed by atoms with Crippen LogP contribution in [0.2, 0.25) is 10.0 Å². The van der Waals surface area contributed by atoms with Crippen LogP contribution in [0.15, 0.2) is 42.5 Å². The van der Waals surface area contributed by atoms with Gasteiger partial charge in [-0.25, -0.2) is 0 Å². The molecule has 0 spiro atoms. The quantitative estimate of drug-likeness (QED) is 0.852. The smallest absolute Gasteiger partial charge is 0.123 e. The van der Waals surface area contributed by atoms with Crippen molar-refractivity contribution in [3.05, 3.63) is 63.6 Å². The van der Waals surface area contributed by atoms with Gasteiger partial charge in [-0.2, -0.15) is 0 Å². The van der Waals surface area contributed by atoms with Crippen LogP contribution in [0, 0.1) is 0 Å². The molecule has 0 aliphatic carbocycles. The van der Waals surface area contributed by atoms with Gasteiger partial charge in [0.1, 0.15) is 5.75 Å². The molecule has 0 fully saturated rings. The van der Waals surface area contributed by atoms with Gasteiger partial charge in [-0.1, -0.05) is 35.3 Å². The lowest BCUT2D eigenvalue weighted by Crippen LogP contribution is -2.18. The fourth-order valence-corrected chi connectivity index (χ4v) is 2.44. The van der Waals surface area contributed by atoms with Gasteiger partial charge in [0.2, 0.25) is 0 Å². The molecule has 0 heterocycles. The van der Waals surface area contributed by atoms with Crippen molar-refractivity contribution < 1.29 is 4.74 Å². The third-order valence-corrected chi connectivity index (χ3v) is 3.66. The van der Waals surface area contributed by atoms with Crippen molar-refractivity contribution in [1.29, 1.82) is 0 Å². The summed E-state index contributed by atoms with van der Waals surface area (Å²) in [6, 6.07) is 13.7. The van der Waals surface area contributed by atoms with E-state index in [4.69, 9.17) is 27.9 Å². The third kappa shape index (κ3) is 3.89. The number of hydrogen-bond donors (Lipinski definition) is 1. The second kappa shape index (κ2) is 6.98. The van der Waals surface area contributed by atoms with Crippen LogP contribution in [0.3, 0.4) is 0 Å². The van der Waals surface area contributed by atoms with Crippen LogP contribution in [0.4, 0.5) is 0 Å². The van der Waals surface area contributed by atoms with Crippen molar-refractivity contribution in [2.75, 3.05) is 7.11 Å². The first kappa shape index (κ1) is 15.2. The second-order valence-electron chi connectivity index (χ2n) is 4.61. The van der Waals surface area contributed by atoms with Gasteiger partial charge in [0, 0.05) is 28.2 Å². The molecule has 1 atom stereocenters. The average molecular weight is 310 g/mol. The normalized spacial score (nSPS) is 12.2. The summed E-state index contributed by atoms with van der Waals surface area (Å²) in [6.45, 7) is 2.78. The minimum Gasteiger partial charge on any atom is -0.496 e. The zero-order valence-electron chi connectivity index (χ0n) is 11.5. The standard InChI is InChI=1S/C16H17Cl2NO/c1-11(12-4-3-5-14(17)8-12)19-10-13-9-15(18)6-7-16(13)20-2/h3-9,11,19H,10H2,1-2H3/t11-/m1/s1. The number of hydrogen-bond acceptors (Lipinski definition) is 2. The van der Waals surface area contributed by atoms with E-state index >= 15 is 0 Å². The number of benzene rings is 2. The predicted octanol–water partition coefficient (Wildman–Crippen LogP) is 4.85. The lowest BCUT2D eigenvalue weighted by molar-refractivity contribution is 0.406. The Morgan fingerprint density at radius 2 is 1.85 bits per heavy atom. The van der Waals surface area contributed by atoms with Crippen molar-refractivity contribution in [3.8, 4) is 5.75 Å². The third-order valence-electron chi connectivity index (χ3n) is 3.19. The number of rotatable bonds is 5. The molecule has 2 rings (SSSR count). The average Bonchev–Trinajstić information content (AvgIpc) is 2.45. The molecule has 20 heavy (non-hydrogen) atoms. The largest absolute Gasteiger partial charge is 0.496 e. The SMILES string of the molecule is COc1ccc(Cl)cc1CN[C@H](C)c1cccc(Cl)c1. The zero-order chi connectivity index (χ0) is 14.5. The van der Waals surface area contributed by atoms with Gasteiger partial charge in [-0.15, -0.1) is 0 Å². The van der Waals surface area contributed by atoms with Crippen molar-refractivity contribution >= 4 is 23.2 Å². The van der Waals surface area contributed by atoms with E-state index in [2.05, 4.69) is 18.3 Å². The zero-order valence-corrected chi connectivity index (χ0v) is 13.0. The highest BCUT2D eigenvalue weighted by atomic mass is 35.5. The predicted molar refractivity (Wildman–Crippen MR) is 84.7 cm³/mol. The Labute approximate surface area is 129 Å². The topological polar surface area (TPSA) is 21.3 Å². The number of halogens is 2. The molecule has 1 N–H and O–H groups in total. The summed E-state index contributed by atoms with van der Waals surface area (Å²) in [5.74, 6) is 0.834. The summed E-state index contributed by atoms with van der Waals surface area (Å²) in [5, 5.41) is 4.90. The minimum atomic E-state index is 0.192. The van der Waals surface area contributed by atoms with E-state index in [1.54, 1.807) is 7.11 Å². The van der Waals surface area contributed by atoms with Gasteiger partial charge < -0.3 is 10.1 Å². The molecule has 2 aromatic carbocycles. The Balaban J connectivity index is 2.06. The van der Waals surface area contributed by atoms with E-state index in [9.17, 15) is 0 Å². The molecule has 4 heteroatoms. The molecule has 2 nitrogen and oxygen atoms in total. The first-order valence-electron chi connectivity index (χ1n) is 6.41. The number of nitrogens with one attached hydrogen (secondary N) is 1. The maximum atomic E-state index is 6.03. The van der Waals surface area contributed by atoms with Gasteiger partial charge in [-0.05, 0) is 42.8 Å². The first-order valence-corrected chi connectivity index (χ1v) is 7.17.